The maximum atomic E-state index is 5.27. The largest absolute Gasteiger partial charge is 0.500 e. The Balaban J connectivity index is 2.50. The lowest BCUT2D eigenvalue weighted by molar-refractivity contribution is 0.120. The highest BCUT2D eigenvalue weighted by atomic mass is 16.5. The Labute approximate surface area is 86.9 Å². The number of terminal acetylenes is 1. The summed E-state index contributed by atoms with van der Waals surface area (Å²) in [7, 11) is 1.69. The van der Waals surface area contributed by atoms with E-state index in [-0.39, 0.29) is 0 Å². The summed E-state index contributed by atoms with van der Waals surface area (Å²) >= 11 is 0. The number of rotatable bonds is 4. The predicted octanol–water partition coefficient (Wildman–Crippen LogP) is 2.02. The van der Waals surface area contributed by atoms with Gasteiger partial charge in [-0.1, -0.05) is 13.0 Å². The van der Waals surface area contributed by atoms with Crippen LogP contribution >= 0.6 is 0 Å². The van der Waals surface area contributed by atoms with Gasteiger partial charge in [-0.15, -0.1) is 12.3 Å². The molecule has 0 amide bonds. The molecule has 1 unspecified atom stereocenters. The molecule has 1 aliphatic heterocycles. The zero-order valence-corrected chi connectivity index (χ0v) is 8.96. The van der Waals surface area contributed by atoms with Gasteiger partial charge in [0.1, 0.15) is 5.76 Å². The number of methoxy groups -OCH3 is 1. The van der Waals surface area contributed by atoms with Gasteiger partial charge >= 0.3 is 0 Å². The molecule has 14 heavy (non-hydrogen) atoms. The van der Waals surface area contributed by atoms with Crippen molar-refractivity contribution in [1.29, 1.82) is 0 Å². The molecule has 0 radical (unpaired) electrons. The van der Waals surface area contributed by atoms with E-state index in [0.29, 0.717) is 6.04 Å². The number of piperidine rings is 1. The molecule has 78 valence electrons. The van der Waals surface area contributed by atoms with Crippen LogP contribution in [0, 0.1) is 12.3 Å². The number of ether oxygens (including phenoxy) is 1. The van der Waals surface area contributed by atoms with Crippen LogP contribution in [0.3, 0.4) is 0 Å². The molecule has 0 saturated carbocycles. The highest BCUT2D eigenvalue weighted by molar-refractivity contribution is 5.00. The molecule has 1 fully saturated rings. The van der Waals surface area contributed by atoms with Gasteiger partial charge in [0.2, 0.25) is 0 Å². The fourth-order valence-corrected chi connectivity index (χ4v) is 1.97. The van der Waals surface area contributed by atoms with Crippen molar-refractivity contribution in [2.75, 3.05) is 20.2 Å². The first-order valence-electron chi connectivity index (χ1n) is 5.20. The average Bonchev–Trinajstić information content (AvgIpc) is 2.25. The molecule has 0 N–H and O–H groups in total. The first kappa shape index (κ1) is 11.1. The maximum absolute atomic E-state index is 5.27. The van der Waals surface area contributed by atoms with E-state index in [0.717, 1.165) is 31.7 Å². The highest BCUT2D eigenvalue weighted by Crippen LogP contribution is 2.22. The lowest BCUT2D eigenvalue weighted by atomic mass is 10.0. The van der Waals surface area contributed by atoms with Crippen LogP contribution in [0.2, 0.25) is 0 Å². The van der Waals surface area contributed by atoms with Crippen LogP contribution in [-0.2, 0) is 4.74 Å². The Morgan fingerprint density at radius 1 is 1.64 bits per heavy atom. The van der Waals surface area contributed by atoms with Crippen molar-refractivity contribution < 1.29 is 4.74 Å². The zero-order valence-electron chi connectivity index (χ0n) is 8.96. The first-order valence-corrected chi connectivity index (χ1v) is 5.20. The van der Waals surface area contributed by atoms with Crippen LogP contribution in [-0.4, -0.2) is 31.1 Å². The van der Waals surface area contributed by atoms with Crippen LogP contribution in [0.1, 0.15) is 25.7 Å². The third-order valence-corrected chi connectivity index (χ3v) is 2.79. The van der Waals surface area contributed by atoms with Crippen molar-refractivity contribution in [1.82, 2.24) is 4.90 Å². The smallest absolute Gasteiger partial charge is 0.105 e. The summed E-state index contributed by atoms with van der Waals surface area (Å²) in [6, 6.07) is 0.377. The van der Waals surface area contributed by atoms with Crippen molar-refractivity contribution in [3.63, 3.8) is 0 Å². The standard InChI is InChI=1S/C12H19NO/c1-4-5-9-13-10-7-6-8-12(13)11(2)14-3/h1,12H,2,5-10H2,3H3. The third kappa shape index (κ3) is 2.78. The predicted molar refractivity (Wildman–Crippen MR) is 58.8 cm³/mol. The molecule has 1 aliphatic rings. The van der Waals surface area contributed by atoms with Gasteiger partial charge in [-0.05, 0) is 19.4 Å². The molecule has 1 rings (SSSR count). The van der Waals surface area contributed by atoms with Crippen LogP contribution in [0.4, 0.5) is 0 Å². The zero-order chi connectivity index (χ0) is 10.4. The van der Waals surface area contributed by atoms with Crippen LogP contribution in [0.5, 0.6) is 0 Å². The van der Waals surface area contributed by atoms with Crippen molar-refractivity contribution in [3.8, 4) is 12.3 Å². The number of hydrogen-bond donors (Lipinski definition) is 0. The number of nitrogens with zero attached hydrogens (tertiary/aromatic N) is 1. The molecule has 2 heteroatoms. The lowest BCUT2D eigenvalue weighted by Gasteiger charge is -2.35. The molecule has 0 aromatic rings. The van der Waals surface area contributed by atoms with Crippen molar-refractivity contribution in [2.24, 2.45) is 0 Å². The van der Waals surface area contributed by atoms with Crippen molar-refractivity contribution in [3.05, 3.63) is 12.3 Å². The van der Waals surface area contributed by atoms with E-state index >= 15 is 0 Å². The van der Waals surface area contributed by atoms with Crippen LogP contribution in [0.15, 0.2) is 12.3 Å². The monoisotopic (exact) mass is 193 g/mol. The van der Waals surface area contributed by atoms with Gasteiger partial charge in [-0.25, -0.2) is 0 Å². The van der Waals surface area contributed by atoms with E-state index in [9.17, 15) is 0 Å². The lowest BCUT2D eigenvalue weighted by Crippen LogP contribution is -2.41. The van der Waals surface area contributed by atoms with E-state index in [4.69, 9.17) is 11.2 Å². The van der Waals surface area contributed by atoms with E-state index in [1.165, 1.54) is 12.8 Å². The summed E-state index contributed by atoms with van der Waals surface area (Å²) in [4.78, 5) is 2.38. The van der Waals surface area contributed by atoms with E-state index in [1.54, 1.807) is 7.11 Å². The van der Waals surface area contributed by atoms with Gasteiger partial charge in [-0.3, -0.25) is 4.90 Å². The Bertz CT molecular complexity index is 229. The molecule has 1 heterocycles. The second-order valence-electron chi connectivity index (χ2n) is 3.67. The van der Waals surface area contributed by atoms with E-state index in [2.05, 4.69) is 17.4 Å². The molecule has 0 aromatic carbocycles. The minimum Gasteiger partial charge on any atom is -0.500 e. The Kier molecular flexibility index (Phi) is 4.55. The third-order valence-electron chi connectivity index (χ3n) is 2.79. The molecule has 0 aliphatic carbocycles. The summed E-state index contributed by atoms with van der Waals surface area (Å²) in [6.45, 7) is 6.02. The molecular formula is C12H19NO. The molecule has 0 spiro atoms. The molecular weight excluding hydrogens is 174 g/mol. The second kappa shape index (κ2) is 5.72. The summed E-state index contributed by atoms with van der Waals surface area (Å²) in [5.41, 5.74) is 0. The fourth-order valence-electron chi connectivity index (χ4n) is 1.97. The van der Waals surface area contributed by atoms with Gasteiger partial charge in [0.15, 0.2) is 0 Å². The molecule has 1 saturated heterocycles. The molecule has 2 nitrogen and oxygen atoms in total. The first-order chi connectivity index (χ1) is 6.79. The summed E-state index contributed by atoms with van der Waals surface area (Å²) in [5, 5.41) is 0. The summed E-state index contributed by atoms with van der Waals surface area (Å²) < 4.78 is 5.21. The van der Waals surface area contributed by atoms with Gasteiger partial charge in [-0.2, -0.15) is 0 Å². The molecule has 0 aromatic heterocycles. The average molecular weight is 193 g/mol. The van der Waals surface area contributed by atoms with Crippen molar-refractivity contribution in [2.45, 2.75) is 31.7 Å². The van der Waals surface area contributed by atoms with Gasteiger partial charge < -0.3 is 4.74 Å². The highest BCUT2D eigenvalue weighted by Gasteiger charge is 2.24. The Morgan fingerprint density at radius 3 is 3.07 bits per heavy atom. The minimum absolute atomic E-state index is 0.377. The Morgan fingerprint density at radius 2 is 2.43 bits per heavy atom. The number of hydrogen-bond acceptors (Lipinski definition) is 2. The van der Waals surface area contributed by atoms with Crippen molar-refractivity contribution >= 4 is 0 Å². The molecule has 1 atom stereocenters. The summed E-state index contributed by atoms with van der Waals surface area (Å²) in [5.74, 6) is 3.56. The van der Waals surface area contributed by atoms with Crippen LogP contribution < -0.4 is 0 Å². The SMILES string of the molecule is C#CCCN1CCCCC1C(=C)OC. The summed E-state index contributed by atoms with van der Waals surface area (Å²) in [6.07, 6.45) is 9.76. The van der Waals surface area contributed by atoms with Gasteiger partial charge in [0, 0.05) is 13.0 Å². The topological polar surface area (TPSA) is 12.5 Å². The van der Waals surface area contributed by atoms with Gasteiger partial charge in [0.25, 0.3) is 0 Å². The molecule has 0 bridgehead atoms. The van der Waals surface area contributed by atoms with E-state index < -0.39 is 0 Å². The van der Waals surface area contributed by atoms with E-state index in [1.807, 2.05) is 0 Å². The number of likely N-dealkylation sites (tertiary alicyclic amines) is 1. The minimum atomic E-state index is 0.377. The maximum Gasteiger partial charge on any atom is 0.105 e. The normalized spacial score (nSPS) is 22.7. The Hall–Kier alpha value is -0.940. The fraction of sp³-hybridized carbons (Fsp3) is 0.667. The second-order valence-corrected chi connectivity index (χ2v) is 3.67. The van der Waals surface area contributed by atoms with Gasteiger partial charge in [0.05, 0.1) is 13.2 Å². The quantitative estimate of drug-likeness (QED) is 0.500. The van der Waals surface area contributed by atoms with Crippen LogP contribution in [0.25, 0.3) is 0 Å².